The molecule has 1 heterocycles. The molecule has 0 aromatic rings. The van der Waals surface area contributed by atoms with Crippen molar-refractivity contribution in [3.63, 3.8) is 0 Å². The summed E-state index contributed by atoms with van der Waals surface area (Å²) in [7, 11) is 3.50. The maximum absolute atomic E-state index is 13.6. The van der Waals surface area contributed by atoms with Gasteiger partial charge in [0, 0.05) is 52.2 Å². The number of rotatable bonds is 25. The highest BCUT2D eigenvalue weighted by Crippen LogP contribution is 2.47. The van der Waals surface area contributed by atoms with Crippen LogP contribution in [0, 0.1) is 46.8 Å². The molecule has 0 N–H and O–H groups in total. The van der Waals surface area contributed by atoms with Crippen molar-refractivity contribution in [1.29, 1.82) is 0 Å². The smallest absolute Gasteiger partial charge is 0.226 e. The number of carbonyl (C=O) groups excluding carboxylic acids is 4. The summed E-state index contributed by atoms with van der Waals surface area (Å²) in [5.74, 6) is 2.01. The number of methoxy groups -OCH3 is 2. The first kappa shape index (κ1) is 46.2. The van der Waals surface area contributed by atoms with E-state index in [4.69, 9.17) is 14.2 Å². The molecule has 3 saturated carbocycles. The van der Waals surface area contributed by atoms with Crippen molar-refractivity contribution in [2.45, 2.75) is 175 Å². The van der Waals surface area contributed by atoms with Crippen molar-refractivity contribution in [2.75, 3.05) is 14.2 Å². The Hall–Kier alpha value is -2.48. The Kier molecular flexibility index (Phi) is 18.7. The Bertz CT molecular complexity index is 1400. The van der Waals surface area contributed by atoms with E-state index < -0.39 is 17.7 Å². The molecule has 1 aliphatic heterocycles. The maximum Gasteiger partial charge on any atom is 0.226 e. The van der Waals surface area contributed by atoms with E-state index in [-0.39, 0.29) is 35.9 Å². The molecule has 4 fully saturated rings. The molecule has 1 saturated heterocycles. The third-order valence-corrected chi connectivity index (χ3v) is 13.7. The third kappa shape index (κ3) is 15.4. The van der Waals surface area contributed by atoms with Gasteiger partial charge in [0.25, 0.3) is 0 Å². The molecule has 0 radical (unpaired) electrons. The van der Waals surface area contributed by atoms with Crippen LogP contribution in [0.25, 0.3) is 0 Å². The maximum atomic E-state index is 13.6. The summed E-state index contributed by atoms with van der Waals surface area (Å²) < 4.78 is 17.2. The van der Waals surface area contributed by atoms with E-state index in [1.165, 1.54) is 63.9 Å². The second-order valence-corrected chi connectivity index (χ2v) is 18.7. The summed E-state index contributed by atoms with van der Waals surface area (Å²) >= 11 is 0. The van der Waals surface area contributed by atoms with Crippen LogP contribution >= 0.6 is 0 Å². The van der Waals surface area contributed by atoms with Crippen LogP contribution in [0.4, 0.5) is 0 Å². The lowest BCUT2D eigenvalue weighted by molar-refractivity contribution is -0.149. The van der Waals surface area contributed by atoms with Gasteiger partial charge in [0.1, 0.15) is 17.7 Å². The zero-order valence-electron chi connectivity index (χ0n) is 36.3. The normalized spacial score (nSPS) is 28.3. The number of ketones is 4. The van der Waals surface area contributed by atoms with Crippen LogP contribution in [0.5, 0.6) is 0 Å². The molecule has 4 aliphatic rings. The van der Waals surface area contributed by atoms with E-state index >= 15 is 0 Å². The minimum atomic E-state index is -0.630. The van der Waals surface area contributed by atoms with Crippen molar-refractivity contribution >= 4 is 23.1 Å². The van der Waals surface area contributed by atoms with E-state index in [0.717, 1.165) is 38.0 Å². The molecule has 7 nitrogen and oxygen atoms in total. The molecule has 0 aromatic carbocycles. The van der Waals surface area contributed by atoms with Gasteiger partial charge in [0.05, 0.1) is 18.3 Å². The van der Waals surface area contributed by atoms with Gasteiger partial charge in [-0.2, -0.15) is 0 Å². The van der Waals surface area contributed by atoms with Crippen LogP contribution in [-0.4, -0.2) is 61.8 Å². The molecule has 8 atom stereocenters. The summed E-state index contributed by atoms with van der Waals surface area (Å²) in [5.41, 5.74) is 1.62. The number of Topliss-reactive ketones (excluding diaryl/α,β-unsaturated/α-hetero) is 4. The number of carbonyl (C=O) groups is 4. The monoisotopic (exact) mass is 777 g/mol. The standard InChI is InChI=1S/C49H76O7/c1-33(14-11-9-10-12-15-42(55-8)31-43-16-13-17-47(56-43)48(53)37(5)50)28-35(3)46(52)32-44(39-20-21-39)34(2)29-36(4)45(51)30-40(38-18-19-38)22-25-49(6)26-23-41(54-7)24-27-49/h9-12,14-15,29,33,35-36,38-44,47H,13,16-28,30-32H2,1-8H3/b10-9+,14-11+,15-12+,34-29+. The van der Waals surface area contributed by atoms with Gasteiger partial charge in [-0.25, -0.2) is 0 Å². The summed E-state index contributed by atoms with van der Waals surface area (Å²) in [6, 6.07) is 0. The second-order valence-electron chi connectivity index (χ2n) is 18.7. The van der Waals surface area contributed by atoms with Crippen LogP contribution in [0.3, 0.4) is 0 Å². The molecular formula is C49H76O7. The highest BCUT2D eigenvalue weighted by Gasteiger charge is 2.38. The Labute approximate surface area is 339 Å². The average Bonchev–Trinajstić information content (AvgIpc) is 4.11. The Morgan fingerprint density at radius 1 is 0.804 bits per heavy atom. The Morgan fingerprint density at radius 3 is 2.07 bits per heavy atom. The largest absolute Gasteiger partial charge is 0.381 e. The summed E-state index contributed by atoms with van der Waals surface area (Å²) in [4.78, 5) is 50.8. The highest BCUT2D eigenvalue weighted by atomic mass is 16.5. The molecule has 0 amide bonds. The van der Waals surface area contributed by atoms with Gasteiger partial charge in [-0.3, -0.25) is 19.2 Å². The lowest BCUT2D eigenvalue weighted by Gasteiger charge is -2.38. The number of allylic oxidation sites excluding steroid dienone is 7. The molecule has 314 valence electrons. The minimum Gasteiger partial charge on any atom is -0.381 e. The van der Waals surface area contributed by atoms with Gasteiger partial charge >= 0.3 is 0 Å². The molecule has 0 spiro atoms. The van der Waals surface area contributed by atoms with Crippen molar-refractivity contribution in [1.82, 2.24) is 0 Å². The number of hydrogen-bond donors (Lipinski definition) is 0. The molecule has 7 heteroatoms. The van der Waals surface area contributed by atoms with Gasteiger partial charge in [-0.05, 0) is 132 Å². The predicted octanol–water partition coefficient (Wildman–Crippen LogP) is 10.7. The topological polar surface area (TPSA) is 96.0 Å². The van der Waals surface area contributed by atoms with E-state index in [0.29, 0.717) is 60.6 Å². The number of ether oxygens (including phenoxy) is 3. The summed E-state index contributed by atoms with van der Waals surface area (Å²) in [6.45, 7) is 12.2. The van der Waals surface area contributed by atoms with Gasteiger partial charge in [-0.15, -0.1) is 0 Å². The van der Waals surface area contributed by atoms with E-state index in [1.54, 1.807) is 7.11 Å². The van der Waals surface area contributed by atoms with E-state index in [9.17, 15) is 19.2 Å². The van der Waals surface area contributed by atoms with E-state index in [2.05, 4.69) is 46.8 Å². The third-order valence-electron chi connectivity index (χ3n) is 13.7. The van der Waals surface area contributed by atoms with Crippen LogP contribution in [0.15, 0.2) is 48.1 Å². The van der Waals surface area contributed by atoms with Crippen molar-refractivity contribution in [3.05, 3.63) is 48.1 Å². The lowest BCUT2D eigenvalue weighted by Crippen LogP contribution is -2.38. The summed E-state index contributed by atoms with van der Waals surface area (Å²) in [5, 5.41) is 0. The number of hydrogen-bond acceptors (Lipinski definition) is 7. The fourth-order valence-electron chi connectivity index (χ4n) is 9.39. The van der Waals surface area contributed by atoms with E-state index in [1.807, 2.05) is 37.5 Å². The molecule has 8 unspecified atom stereocenters. The molecular weight excluding hydrogens is 701 g/mol. The van der Waals surface area contributed by atoms with Crippen molar-refractivity contribution in [3.8, 4) is 0 Å². The fourth-order valence-corrected chi connectivity index (χ4v) is 9.39. The zero-order valence-corrected chi connectivity index (χ0v) is 36.3. The van der Waals surface area contributed by atoms with Crippen LogP contribution in [0.2, 0.25) is 0 Å². The lowest BCUT2D eigenvalue weighted by atomic mass is 9.70. The molecule has 4 rings (SSSR count). The molecule has 56 heavy (non-hydrogen) atoms. The molecule has 0 bridgehead atoms. The van der Waals surface area contributed by atoms with Crippen molar-refractivity contribution in [2.24, 2.45) is 46.8 Å². The van der Waals surface area contributed by atoms with Gasteiger partial charge in [0.2, 0.25) is 5.78 Å². The SMILES string of the molecule is COC(/C=C/C=C/C=C/C(C)CC(C)C(=O)CC(/C(C)=C/C(C)C(=O)CC(CCC1(C)CCC(OC)CC1)C1CC1)C1CC1)CC1CCCC(C(=O)C(C)=O)O1. The first-order valence-electron chi connectivity index (χ1n) is 22.2. The zero-order chi connectivity index (χ0) is 40.8. The van der Waals surface area contributed by atoms with Gasteiger partial charge < -0.3 is 14.2 Å². The van der Waals surface area contributed by atoms with Crippen LogP contribution in [-0.2, 0) is 33.4 Å². The first-order valence-corrected chi connectivity index (χ1v) is 22.2. The van der Waals surface area contributed by atoms with Gasteiger partial charge in [0.15, 0.2) is 5.78 Å². The Morgan fingerprint density at radius 2 is 1.46 bits per heavy atom. The average molecular weight is 777 g/mol. The highest BCUT2D eigenvalue weighted by molar-refractivity contribution is 6.37. The predicted molar refractivity (Wildman–Crippen MR) is 225 cm³/mol. The van der Waals surface area contributed by atoms with Gasteiger partial charge in [-0.1, -0.05) is 75.8 Å². The van der Waals surface area contributed by atoms with Crippen molar-refractivity contribution < 1.29 is 33.4 Å². The summed E-state index contributed by atoms with van der Waals surface area (Å²) in [6.07, 6.45) is 30.9. The van der Waals surface area contributed by atoms with Crippen LogP contribution in [0.1, 0.15) is 151 Å². The van der Waals surface area contributed by atoms with Crippen LogP contribution < -0.4 is 0 Å². The first-order chi connectivity index (χ1) is 26.7. The molecule has 0 aromatic heterocycles. The minimum absolute atomic E-state index is 0.0212. The Balaban J connectivity index is 1.20. The second kappa shape index (κ2) is 22.6. The quantitative estimate of drug-likeness (QED) is 0.0517. The fraction of sp³-hybridized carbons (Fsp3) is 0.755. The molecule has 3 aliphatic carbocycles.